The zero-order valence-electron chi connectivity index (χ0n) is 15.4. The van der Waals surface area contributed by atoms with E-state index in [2.05, 4.69) is 11.9 Å². The number of likely N-dealkylation sites (tertiary alicyclic amines) is 1. The highest BCUT2D eigenvalue weighted by molar-refractivity contribution is 5.99. The number of carboxylic acid groups (broad SMARTS) is 1. The van der Waals surface area contributed by atoms with Crippen LogP contribution in [0.5, 0.6) is 5.75 Å². The number of aliphatic hydroxyl groups is 1. The highest BCUT2D eigenvalue weighted by atomic mass is 16.5. The summed E-state index contributed by atoms with van der Waals surface area (Å²) in [6.45, 7) is 5.76. The van der Waals surface area contributed by atoms with Gasteiger partial charge in [0.05, 0.1) is 12.2 Å². The molecule has 9 heteroatoms. The molecule has 3 N–H and O–H groups in total. The number of nitrogens with one attached hydrogen (secondary N) is 1. The molecular weight excluding hydrogens is 368 g/mol. The summed E-state index contributed by atoms with van der Waals surface area (Å²) in [5.74, 6) is -2.17. The third-order valence-corrected chi connectivity index (χ3v) is 4.29. The van der Waals surface area contributed by atoms with E-state index >= 15 is 0 Å². The number of hydrogen-bond donors (Lipinski definition) is 3. The summed E-state index contributed by atoms with van der Waals surface area (Å²) in [5.41, 5.74) is -1.34. The summed E-state index contributed by atoms with van der Waals surface area (Å²) in [5, 5.41) is 21.7. The third-order valence-electron chi connectivity index (χ3n) is 4.29. The number of ether oxygens (including phenoxy) is 1. The molecule has 1 aromatic rings. The summed E-state index contributed by atoms with van der Waals surface area (Å²) < 4.78 is 5.09. The molecule has 0 radical (unpaired) electrons. The lowest BCUT2D eigenvalue weighted by Crippen LogP contribution is -2.41. The van der Waals surface area contributed by atoms with E-state index in [1.54, 1.807) is 13.0 Å². The fourth-order valence-corrected chi connectivity index (χ4v) is 2.92. The number of carbonyl (C=O) groups excluding carboxylic acids is 1. The fourth-order valence-electron chi connectivity index (χ4n) is 2.92. The maximum Gasteiger partial charge on any atom is 0.326 e. The van der Waals surface area contributed by atoms with E-state index in [1.165, 1.54) is 17.1 Å². The Morgan fingerprint density at radius 2 is 2.04 bits per heavy atom. The van der Waals surface area contributed by atoms with Crippen molar-refractivity contribution in [3.63, 3.8) is 0 Å². The minimum Gasteiger partial charge on any atom is -0.508 e. The molecule has 1 aliphatic rings. The average Bonchev–Trinajstić information content (AvgIpc) is 3.15. The van der Waals surface area contributed by atoms with Gasteiger partial charge in [0, 0.05) is 13.1 Å². The van der Waals surface area contributed by atoms with Crippen LogP contribution in [-0.2, 0) is 9.59 Å². The van der Waals surface area contributed by atoms with Gasteiger partial charge in [0.1, 0.15) is 17.5 Å². The van der Waals surface area contributed by atoms with E-state index in [0.717, 1.165) is 0 Å². The number of allylic oxidation sites excluding steroid dienone is 2. The first-order valence-electron chi connectivity index (χ1n) is 8.78. The molecule has 1 aliphatic heterocycles. The van der Waals surface area contributed by atoms with E-state index in [0.29, 0.717) is 12.8 Å². The van der Waals surface area contributed by atoms with Crippen molar-refractivity contribution < 1.29 is 24.5 Å². The van der Waals surface area contributed by atoms with Crippen molar-refractivity contribution in [2.75, 3.05) is 25.0 Å². The molecule has 0 spiro atoms. The number of rotatable bonds is 9. The highest BCUT2D eigenvalue weighted by Crippen LogP contribution is 2.22. The monoisotopic (exact) mass is 390 g/mol. The Morgan fingerprint density at radius 1 is 1.32 bits per heavy atom. The first-order valence-corrected chi connectivity index (χ1v) is 8.78. The number of amides is 1. The third kappa shape index (κ3) is 4.30. The van der Waals surface area contributed by atoms with Gasteiger partial charge < -0.3 is 25.2 Å². The molecule has 1 atom stereocenters. The van der Waals surface area contributed by atoms with Crippen molar-refractivity contribution in [3.05, 3.63) is 56.6 Å². The molecule has 1 fully saturated rings. The largest absolute Gasteiger partial charge is 0.508 e. The van der Waals surface area contributed by atoms with Gasteiger partial charge in [-0.05, 0) is 25.8 Å². The van der Waals surface area contributed by atoms with Crippen LogP contribution in [0.1, 0.15) is 19.8 Å². The van der Waals surface area contributed by atoms with Gasteiger partial charge in [-0.3, -0.25) is 14.4 Å². The molecule has 0 bridgehead atoms. The smallest absolute Gasteiger partial charge is 0.326 e. The van der Waals surface area contributed by atoms with Crippen LogP contribution in [-0.4, -0.2) is 52.7 Å². The summed E-state index contributed by atoms with van der Waals surface area (Å²) in [6.07, 6.45) is 5.25. The molecular formula is C19H22N2O7. The number of anilines is 1. The van der Waals surface area contributed by atoms with Gasteiger partial charge in [-0.1, -0.05) is 18.7 Å². The van der Waals surface area contributed by atoms with Gasteiger partial charge >= 0.3 is 5.97 Å². The van der Waals surface area contributed by atoms with E-state index in [1.807, 2.05) is 0 Å². The normalized spacial score (nSPS) is 17.2. The first-order chi connectivity index (χ1) is 13.3. The topological polar surface area (TPSA) is 133 Å². The Balaban J connectivity index is 2.03. The Morgan fingerprint density at radius 3 is 2.64 bits per heavy atom. The van der Waals surface area contributed by atoms with Crippen molar-refractivity contribution in [3.8, 4) is 5.75 Å². The summed E-state index contributed by atoms with van der Waals surface area (Å²) >= 11 is 0. The molecule has 0 saturated carbocycles. The van der Waals surface area contributed by atoms with Crippen LogP contribution in [0.25, 0.3) is 0 Å². The number of aliphatic hydroxyl groups excluding tert-OH is 1. The lowest BCUT2D eigenvalue weighted by molar-refractivity contribution is -0.146. The van der Waals surface area contributed by atoms with Crippen LogP contribution in [0, 0.1) is 0 Å². The van der Waals surface area contributed by atoms with E-state index in [4.69, 9.17) is 4.74 Å². The maximum absolute atomic E-state index is 12.5. The Labute approximate surface area is 160 Å². The van der Waals surface area contributed by atoms with E-state index in [9.17, 15) is 29.4 Å². The molecule has 1 aromatic carbocycles. The standard InChI is InChI=1S/C19H22N2O7/c1-3-28-17-14(15(23)16(17)24)20-9-5-4-7-12(11(2)22)18(25)21-10-6-8-13(21)19(26)27/h4-5,7,13,20,22H,2-3,6,8-10H2,1H3,(H,26,27)/b5-4-,12-7+/t13-/m1/s1. The van der Waals surface area contributed by atoms with Crippen molar-refractivity contribution in [1.82, 2.24) is 4.90 Å². The van der Waals surface area contributed by atoms with Crippen LogP contribution in [0.3, 0.4) is 0 Å². The van der Waals surface area contributed by atoms with Gasteiger partial charge in [-0.2, -0.15) is 0 Å². The molecule has 9 nitrogen and oxygen atoms in total. The first kappa shape index (κ1) is 20.9. The second-order valence-corrected chi connectivity index (χ2v) is 6.13. The van der Waals surface area contributed by atoms with Gasteiger partial charge in [-0.15, -0.1) is 0 Å². The Kier molecular flexibility index (Phi) is 6.75. The highest BCUT2D eigenvalue weighted by Gasteiger charge is 2.35. The van der Waals surface area contributed by atoms with Crippen molar-refractivity contribution in [2.45, 2.75) is 25.8 Å². The number of carboxylic acids is 1. The molecule has 150 valence electrons. The Hall–Kier alpha value is -3.36. The molecule has 28 heavy (non-hydrogen) atoms. The number of aliphatic carboxylic acids is 1. The Bertz CT molecular complexity index is 906. The van der Waals surface area contributed by atoms with Gasteiger partial charge in [0.2, 0.25) is 0 Å². The zero-order valence-corrected chi connectivity index (χ0v) is 15.4. The molecule has 0 aliphatic carbocycles. The van der Waals surface area contributed by atoms with Crippen LogP contribution in [0.2, 0.25) is 0 Å². The van der Waals surface area contributed by atoms with Crippen LogP contribution >= 0.6 is 0 Å². The summed E-state index contributed by atoms with van der Waals surface area (Å²) in [7, 11) is 0. The van der Waals surface area contributed by atoms with Crippen LogP contribution < -0.4 is 20.9 Å². The SMILES string of the molecule is C=C(O)/C(=C\C=C/CNc1c(OCC)c(=O)c1=O)C(=O)N1CCC[C@@H]1C(=O)O. The predicted octanol–water partition coefficient (Wildman–Crippen LogP) is 0.723. The van der Waals surface area contributed by atoms with Crippen molar-refractivity contribution in [2.24, 2.45) is 0 Å². The maximum atomic E-state index is 12.5. The van der Waals surface area contributed by atoms with E-state index in [-0.39, 0.29) is 36.7 Å². The average molecular weight is 390 g/mol. The van der Waals surface area contributed by atoms with Crippen molar-refractivity contribution in [1.29, 1.82) is 0 Å². The minimum atomic E-state index is -1.09. The molecule has 1 heterocycles. The summed E-state index contributed by atoms with van der Waals surface area (Å²) in [4.78, 5) is 47.8. The van der Waals surface area contributed by atoms with Gasteiger partial charge in [0.25, 0.3) is 16.8 Å². The van der Waals surface area contributed by atoms with Gasteiger partial charge in [0.15, 0.2) is 5.75 Å². The van der Waals surface area contributed by atoms with E-state index < -0.39 is 34.5 Å². The minimum absolute atomic E-state index is 0.00444. The zero-order chi connectivity index (χ0) is 20.8. The van der Waals surface area contributed by atoms with Crippen LogP contribution in [0.15, 0.2) is 45.7 Å². The summed E-state index contributed by atoms with van der Waals surface area (Å²) in [6, 6.07) is -0.924. The quantitative estimate of drug-likeness (QED) is 0.243. The number of carbonyl (C=O) groups is 2. The molecule has 0 aromatic heterocycles. The second-order valence-electron chi connectivity index (χ2n) is 6.13. The molecule has 2 rings (SSSR count). The molecule has 1 saturated heterocycles. The van der Waals surface area contributed by atoms with Crippen molar-refractivity contribution >= 4 is 17.6 Å². The van der Waals surface area contributed by atoms with Gasteiger partial charge in [-0.25, -0.2) is 4.79 Å². The van der Waals surface area contributed by atoms with Crippen LogP contribution in [0.4, 0.5) is 5.69 Å². The fraction of sp³-hybridized carbons (Fsp3) is 0.368. The number of nitrogens with zero attached hydrogens (tertiary/aromatic N) is 1. The second kappa shape index (κ2) is 9.03. The lowest BCUT2D eigenvalue weighted by Gasteiger charge is -2.22. The molecule has 0 unspecified atom stereocenters. The predicted molar refractivity (Wildman–Crippen MR) is 102 cm³/mol. The number of hydrogen-bond acceptors (Lipinski definition) is 7. The lowest BCUT2D eigenvalue weighted by atomic mass is 10.1. The molecule has 1 amide bonds.